The van der Waals surface area contributed by atoms with Crippen LogP contribution >= 0.6 is 23.2 Å². The van der Waals surface area contributed by atoms with Gasteiger partial charge in [0.05, 0.1) is 0 Å². The number of hydrogen-bond donors (Lipinski definition) is 0. The van der Waals surface area contributed by atoms with Gasteiger partial charge in [0.1, 0.15) is 0 Å². The number of benzene rings is 1. The van der Waals surface area contributed by atoms with Gasteiger partial charge in [0.25, 0.3) is 0 Å². The third-order valence-electron chi connectivity index (χ3n) is 3.43. The van der Waals surface area contributed by atoms with Crippen LogP contribution in [-0.2, 0) is 6.54 Å². The van der Waals surface area contributed by atoms with E-state index in [0.717, 1.165) is 24.0 Å². The van der Waals surface area contributed by atoms with Crippen LogP contribution in [0.5, 0.6) is 0 Å². The molecule has 3 heteroatoms. The van der Waals surface area contributed by atoms with Crippen LogP contribution in [-0.4, -0.2) is 23.4 Å². The lowest BCUT2D eigenvalue weighted by atomic mass is 10.0. The molecule has 0 aliphatic carbocycles. The summed E-state index contributed by atoms with van der Waals surface area (Å²) in [5.41, 5.74) is 1.27. The van der Waals surface area contributed by atoms with Crippen molar-refractivity contribution in [2.45, 2.75) is 25.9 Å². The monoisotopic (exact) mass is 257 g/mol. The molecule has 1 aliphatic heterocycles. The van der Waals surface area contributed by atoms with E-state index < -0.39 is 0 Å². The Morgan fingerprint density at radius 3 is 2.94 bits per heavy atom. The second-order valence-corrected chi connectivity index (χ2v) is 5.33. The number of hydrogen-bond acceptors (Lipinski definition) is 1. The molecule has 1 saturated heterocycles. The Balaban J connectivity index is 2.04. The molecular weight excluding hydrogens is 241 g/mol. The summed E-state index contributed by atoms with van der Waals surface area (Å²) in [6.07, 6.45) is 1.25. The molecule has 16 heavy (non-hydrogen) atoms. The summed E-state index contributed by atoms with van der Waals surface area (Å²) in [4.78, 5) is 2.46. The highest BCUT2D eigenvalue weighted by Gasteiger charge is 2.29. The van der Waals surface area contributed by atoms with Crippen molar-refractivity contribution >= 4 is 23.2 Å². The molecule has 0 spiro atoms. The second kappa shape index (κ2) is 5.39. The first-order valence-corrected chi connectivity index (χ1v) is 6.66. The van der Waals surface area contributed by atoms with E-state index in [-0.39, 0.29) is 0 Å². The maximum atomic E-state index is 6.03. The summed E-state index contributed by atoms with van der Waals surface area (Å²) in [6.45, 7) is 4.39. The summed E-state index contributed by atoms with van der Waals surface area (Å²) < 4.78 is 0. The van der Waals surface area contributed by atoms with Gasteiger partial charge >= 0.3 is 0 Å². The van der Waals surface area contributed by atoms with Crippen molar-refractivity contribution in [2.75, 3.05) is 12.4 Å². The average molecular weight is 258 g/mol. The molecule has 0 radical (unpaired) electrons. The Morgan fingerprint density at radius 1 is 1.44 bits per heavy atom. The third kappa shape index (κ3) is 2.71. The Hall–Kier alpha value is -0.240. The minimum absolute atomic E-state index is 0.514. The summed E-state index contributed by atoms with van der Waals surface area (Å²) in [5, 5.41) is 0.812. The van der Waals surface area contributed by atoms with Crippen molar-refractivity contribution in [1.82, 2.24) is 4.90 Å². The molecule has 1 aromatic rings. The molecule has 0 amide bonds. The molecule has 2 atom stereocenters. The summed E-state index contributed by atoms with van der Waals surface area (Å²) >= 11 is 12.0. The van der Waals surface area contributed by atoms with Crippen molar-refractivity contribution in [3.8, 4) is 0 Å². The number of alkyl halides is 1. The van der Waals surface area contributed by atoms with Gasteiger partial charge in [-0.3, -0.25) is 4.90 Å². The maximum absolute atomic E-state index is 6.03. The number of halogens is 2. The van der Waals surface area contributed by atoms with Gasteiger partial charge in [-0.1, -0.05) is 30.7 Å². The summed E-state index contributed by atoms with van der Waals surface area (Å²) in [7, 11) is 0. The highest BCUT2D eigenvalue weighted by atomic mass is 35.5. The minimum atomic E-state index is 0.514. The third-order valence-corrected chi connectivity index (χ3v) is 3.98. The van der Waals surface area contributed by atoms with E-state index in [1.807, 2.05) is 18.2 Å². The molecule has 0 N–H and O–H groups in total. The molecule has 88 valence electrons. The van der Waals surface area contributed by atoms with E-state index in [1.54, 1.807) is 0 Å². The molecular formula is C13H17Cl2N. The first-order chi connectivity index (χ1) is 7.70. The molecule has 2 unspecified atom stereocenters. The van der Waals surface area contributed by atoms with Gasteiger partial charge in [0.2, 0.25) is 0 Å². The Kier molecular flexibility index (Phi) is 4.12. The molecule has 0 saturated carbocycles. The standard InChI is InChI=1S/C13H17Cl2N/c1-10-5-6-16(13(10)8-14)9-11-3-2-4-12(15)7-11/h2-4,7,10,13H,5-6,8-9H2,1H3. The highest BCUT2D eigenvalue weighted by Crippen LogP contribution is 2.26. The Labute approximate surface area is 107 Å². The number of likely N-dealkylation sites (tertiary alicyclic amines) is 1. The number of nitrogens with zero attached hydrogens (tertiary/aromatic N) is 1. The maximum Gasteiger partial charge on any atom is 0.0409 e. The van der Waals surface area contributed by atoms with E-state index in [0.29, 0.717) is 12.0 Å². The van der Waals surface area contributed by atoms with Gasteiger partial charge in [-0.2, -0.15) is 0 Å². The molecule has 1 fully saturated rings. The van der Waals surface area contributed by atoms with Gasteiger partial charge in [-0.15, -0.1) is 11.6 Å². The lowest BCUT2D eigenvalue weighted by Crippen LogP contribution is -2.33. The van der Waals surface area contributed by atoms with E-state index >= 15 is 0 Å². The zero-order valence-corrected chi connectivity index (χ0v) is 11.0. The Bertz CT molecular complexity index is 354. The minimum Gasteiger partial charge on any atom is -0.295 e. The van der Waals surface area contributed by atoms with Crippen LogP contribution in [0.1, 0.15) is 18.9 Å². The molecule has 2 rings (SSSR count). The highest BCUT2D eigenvalue weighted by molar-refractivity contribution is 6.30. The molecule has 1 aliphatic rings. The van der Waals surface area contributed by atoms with Crippen molar-refractivity contribution in [2.24, 2.45) is 5.92 Å². The van der Waals surface area contributed by atoms with Crippen LogP contribution in [0.3, 0.4) is 0 Å². The van der Waals surface area contributed by atoms with E-state index in [9.17, 15) is 0 Å². The largest absolute Gasteiger partial charge is 0.295 e. The van der Waals surface area contributed by atoms with Gasteiger partial charge in [0, 0.05) is 23.5 Å². The van der Waals surface area contributed by atoms with Crippen LogP contribution in [0.25, 0.3) is 0 Å². The average Bonchev–Trinajstić information content (AvgIpc) is 2.59. The van der Waals surface area contributed by atoms with E-state index in [1.165, 1.54) is 12.0 Å². The van der Waals surface area contributed by atoms with Gasteiger partial charge < -0.3 is 0 Å². The van der Waals surface area contributed by atoms with Gasteiger partial charge in [0.15, 0.2) is 0 Å². The topological polar surface area (TPSA) is 3.24 Å². The van der Waals surface area contributed by atoms with Crippen LogP contribution in [0, 0.1) is 5.92 Å². The Morgan fingerprint density at radius 2 is 2.25 bits per heavy atom. The van der Waals surface area contributed by atoms with Crippen LogP contribution in [0.15, 0.2) is 24.3 Å². The predicted molar refractivity (Wildman–Crippen MR) is 70.2 cm³/mol. The second-order valence-electron chi connectivity index (χ2n) is 4.59. The van der Waals surface area contributed by atoms with Gasteiger partial charge in [-0.25, -0.2) is 0 Å². The predicted octanol–water partition coefficient (Wildman–Crippen LogP) is 3.79. The van der Waals surface area contributed by atoms with Crippen LogP contribution in [0.2, 0.25) is 5.02 Å². The zero-order chi connectivity index (χ0) is 11.5. The smallest absolute Gasteiger partial charge is 0.0409 e. The van der Waals surface area contributed by atoms with Crippen LogP contribution in [0.4, 0.5) is 0 Å². The number of rotatable bonds is 3. The summed E-state index contributed by atoms with van der Waals surface area (Å²) in [6, 6.07) is 8.60. The zero-order valence-electron chi connectivity index (χ0n) is 9.50. The van der Waals surface area contributed by atoms with E-state index in [4.69, 9.17) is 23.2 Å². The van der Waals surface area contributed by atoms with Crippen molar-refractivity contribution in [1.29, 1.82) is 0 Å². The molecule has 0 aromatic heterocycles. The first kappa shape index (κ1) is 12.2. The quantitative estimate of drug-likeness (QED) is 0.745. The molecule has 0 bridgehead atoms. The van der Waals surface area contributed by atoms with E-state index in [2.05, 4.69) is 17.9 Å². The summed E-state index contributed by atoms with van der Waals surface area (Å²) in [5.74, 6) is 1.43. The molecule has 1 heterocycles. The van der Waals surface area contributed by atoms with Crippen molar-refractivity contribution in [3.05, 3.63) is 34.9 Å². The fourth-order valence-electron chi connectivity index (χ4n) is 2.40. The molecule has 1 aromatic carbocycles. The normalized spacial score (nSPS) is 26.2. The lowest BCUT2D eigenvalue weighted by Gasteiger charge is -2.24. The fourth-order valence-corrected chi connectivity index (χ4v) is 3.12. The van der Waals surface area contributed by atoms with Crippen molar-refractivity contribution in [3.63, 3.8) is 0 Å². The molecule has 1 nitrogen and oxygen atoms in total. The SMILES string of the molecule is CC1CCN(Cc2cccc(Cl)c2)C1CCl. The van der Waals surface area contributed by atoms with Gasteiger partial charge in [-0.05, 0) is 36.6 Å². The fraction of sp³-hybridized carbons (Fsp3) is 0.538. The van der Waals surface area contributed by atoms with Crippen LogP contribution < -0.4 is 0 Å². The lowest BCUT2D eigenvalue weighted by molar-refractivity contribution is 0.242. The first-order valence-electron chi connectivity index (χ1n) is 5.75. The van der Waals surface area contributed by atoms with Crippen molar-refractivity contribution < 1.29 is 0 Å².